The zero-order valence-corrected chi connectivity index (χ0v) is 15.3. The molecule has 0 radical (unpaired) electrons. The molecule has 7 heteroatoms. The van der Waals surface area contributed by atoms with Crippen LogP contribution in [0.5, 0.6) is 0 Å². The number of rotatable bonds is 6. The van der Waals surface area contributed by atoms with Crippen LogP contribution in [0.15, 0.2) is 48.5 Å². The summed E-state index contributed by atoms with van der Waals surface area (Å²) in [4.78, 5) is 24.3. The van der Waals surface area contributed by atoms with Gasteiger partial charge in [0.25, 0.3) is 0 Å². The zero-order valence-electron chi connectivity index (χ0n) is 15.3. The number of alkyl halides is 3. The first kappa shape index (κ1) is 19.9. The first-order valence-electron chi connectivity index (χ1n) is 9.12. The SMILES string of the molecule is CCc1ccccc1NC(=O)CNC(=O)C1CC1c1ccccc1C(F)(F)F. The summed E-state index contributed by atoms with van der Waals surface area (Å²) in [6, 6.07) is 12.7. The largest absolute Gasteiger partial charge is 0.416 e. The standard InChI is InChI=1S/C21H21F3N2O2/c1-2-13-7-3-6-10-18(13)26-19(27)12-25-20(28)16-11-15(16)14-8-4-5-9-17(14)21(22,23)24/h3-10,15-16H,2,11-12H2,1H3,(H,25,28)(H,26,27). The lowest BCUT2D eigenvalue weighted by molar-refractivity contribution is -0.138. The number of para-hydroxylation sites is 1. The van der Waals surface area contributed by atoms with Crippen LogP contribution in [0.25, 0.3) is 0 Å². The molecule has 1 saturated carbocycles. The van der Waals surface area contributed by atoms with E-state index in [0.717, 1.165) is 18.1 Å². The number of amides is 2. The molecule has 2 atom stereocenters. The topological polar surface area (TPSA) is 58.2 Å². The molecule has 2 unspecified atom stereocenters. The Bertz CT molecular complexity index is 880. The van der Waals surface area contributed by atoms with Crippen molar-refractivity contribution in [2.45, 2.75) is 31.9 Å². The number of aryl methyl sites for hydroxylation is 1. The summed E-state index contributed by atoms with van der Waals surface area (Å²) >= 11 is 0. The number of hydrogen-bond acceptors (Lipinski definition) is 2. The zero-order chi connectivity index (χ0) is 20.3. The Morgan fingerprint density at radius 3 is 2.46 bits per heavy atom. The first-order chi connectivity index (χ1) is 13.3. The molecule has 0 spiro atoms. The van der Waals surface area contributed by atoms with Crippen molar-refractivity contribution in [3.05, 3.63) is 65.2 Å². The summed E-state index contributed by atoms with van der Waals surface area (Å²) in [6.07, 6.45) is -3.35. The molecule has 0 heterocycles. The van der Waals surface area contributed by atoms with Gasteiger partial charge in [-0.1, -0.05) is 43.3 Å². The minimum atomic E-state index is -4.45. The van der Waals surface area contributed by atoms with Gasteiger partial charge in [0.1, 0.15) is 0 Å². The average Bonchev–Trinajstić information content (AvgIpc) is 3.47. The molecular formula is C21H21F3N2O2. The summed E-state index contributed by atoms with van der Waals surface area (Å²) in [6.45, 7) is 1.75. The first-order valence-corrected chi connectivity index (χ1v) is 9.12. The van der Waals surface area contributed by atoms with E-state index >= 15 is 0 Å². The summed E-state index contributed by atoms with van der Waals surface area (Å²) in [5.41, 5.74) is 1.10. The van der Waals surface area contributed by atoms with Crippen molar-refractivity contribution in [3.63, 3.8) is 0 Å². The van der Waals surface area contributed by atoms with Gasteiger partial charge in [0.15, 0.2) is 0 Å². The molecule has 148 valence electrons. The molecule has 3 rings (SSSR count). The fourth-order valence-corrected chi connectivity index (χ4v) is 3.35. The van der Waals surface area contributed by atoms with E-state index in [0.29, 0.717) is 12.1 Å². The maximum Gasteiger partial charge on any atom is 0.416 e. The molecule has 1 fully saturated rings. The third-order valence-corrected chi connectivity index (χ3v) is 4.89. The van der Waals surface area contributed by atoms with Crippen molar-refractivity contribution in [1.29, 1.82) is 0 Å². The second-order valence-corrected chi connectivity index (χ2v) is 6.81. The number of benzene rings is 2. The van der Waals surface area contributed by atoms with Gasteiger partial charge in [0, 0.05) is 11.6 Å². The van der Waals surface area contributed by atoms with Crippen molar-refractivity contribution >= 4 is 17.5 Å². The highest BCUT2D eigenvalue weighted by molar-refractivity contribution is 5.95. The van der Waals surface area contributed by atoms with Gasteiger partial charge < -0.3 is 10.6 Å². The lowest BCUT2D eigenvalue weighted by Gasteiger charge is -2.12. The van der Waals surface area contributed by atoms with Crippen LogP contribution in [0, 0.1) is 5.92 Å². The van der Waals surface area contributed by atoms with Crippen molar-refractivity contribution in [3.8, 4) is 0 Å². The number of carbonyl (C=O) groups is 2. The van der Waals surface area contributed by atoms with E-state index in [1.807, 2.05) is 19.1 Å². The van der Waals surface area contributed by atoms with E-state index in [1.54, 1.807) is 12.1 Å². The molecule has 2 N–H and O–H groups in total. The van der Waals surface area contributed by atoms with E-state index < -0.39 is 29.5 Å². The number of carbonyl (C=O) groups excluding carboxylic acids is 2. The third-order valence-electron chi connectivity index (χ3n) is 4.89. The Morgan fingerprint density at radius 1 is 1.07 bits per heavy atom. The Hall–Kier alpha value is -2.83. The Labute approximate surface area is 161 Å². The number of hydrogen-bond donors (Lipinski definition) is 2. The van der Waals surface area contributed by atoms with Gasteiger partial charge in [-0.25, -0.2) is 0 Å². The molecule has 0 aromatic heterocycles. The van der Waals surface area contributed by atoms with Gasteiger partial charge in [-0.15, -0.1) is 0 Å². The molecule has 2 aromatic carbocycles. The summed E-state index contributed by atoms with van der Waals surface area (Å²) in [7, 11) is 0. The monoisotopic (exact) mass is 390 g/mol. The van der Waals surface area contributed by atoms with Crippen LogP contribution in [-0.4, -0.2) is 18.4 Å². The van der Waals surface area contributed by atoms with Crippen LogP contribution in [0.3, 0.4) is 0 Å². The molecule has 2 amide bonds. The van der Waals surface area contributed by atoms with E-state index in [4.69, 9.17) is 0 Å². The van der Waals surface area contributed by atoms with Gasteiger partial charge in [-0.2, -0.15) is 13.2 Å². The molecule has 2 aromatic rings. The van der Waals surface area contributed by atoms with Crippen LogP contribution in [0.1, 0.15) is 36.0 Å². The highest BCUT2D eigenvalue weighted by atomic mass is 19.4. The highest BCUT2D eigenvalue weighted by Crippen LogP contribution is 2.50. The minimum absolute atomic E-state index is 0.136. The molecule has 0 saturated heterocycles. The average molecular weight is 390 g/mol. The minimum Gasteiger partial charge on any atom is -0.347 e. The van der Waals surface area contributed by atoms with Crippen LogP contribution in [0.4, 0.5) is 18.9 Å². The molecule has 1 aliphatic rings. The number of nitrogens with one attached hydrogen (secondary N) is 2. The smallest absolute Gasteiger partial charge is 0.347 e. The predicted octanol–water partition coefficient (Wildman–Crippen LogP) is 4.13. The van der Waals surface area contributed by atoms with E-state index in [2.05, 4.69) is 10.6 Å². The summed E-state index contributed by atoms with van der Waals surface area (Å²) in [5, 5.41) is 5.27. The van der Waals surface area contributed by atoms with E-state index in [1.165, 1.54) is 18.2 Å². The Kier molecular flexibility index (Phi) is 5.72. The predicted molar refractivity (Wildman–Crippen MR) is 99.8 cm³/mol. The van der Waals surface area contributed by atoms with Crippen molar-refractivity contribution < 1.29 is 22.8 Å². The lowest BCUT2D eigenvalue weighted by atomic mass is 10.0. The quantitative estimate of drug-likeness (QED) is 0.779. The Morgan fingerprint density at radius 2 is 1.75 bits per heavy atom. The van der Waals surface area contributed by atoms with E-state index in [9.17, 15) is 22.8 Å². The molecule has 0 bridgehead atoms. The highest BCUT2D eigenvalue weighted by Gasteiger charge is 2.47. The van der Waals surface area contributed by atoms with Crippen molar-refractivity contribution in [2.24, 2.45) is 5.92 Å². The van der Waals surface area contributed by atoms with Gasteiger partial charge in [0.2, 0.25) is 11.8 Å². The van der Waals surface area contributed by atoms with Gasteiger partial charge >= 0.3 is 6.18 Å². The fourth-order valence-electron chi connectivity index (χ4n) is 3.35. The maximum absolute atomic E-state index is 13.1. The summed E-state index contributed by atoms with van der Waals surface area (Å²) in [5.74, 6) is -1.79. The van der Waals surface area contributed by atoms with E-state index in [-0.39, 0.29) is 18.0 Å². The van der Waals surface area contributed by atoms with Crippen LogP contribution in [0.2, 0.25) is 0 Å². The van der Waals surface area contributed by atoms with Gasteiger partial charge in [-0.3, -0.25) is 9.59 Å². The molecule has 0 aliphatic heterocycles. The normalized spacial score (nSPS) is 18.4. The van der Waals surface area contributed by atoms with Crippen LogP contribution in [-0.2, 0) is 22.2 Å². The Balaban J connectivity index is 1.55. The molecule has 4 nitrogen and oxygen atoms in total. The number of anilines is 1. The van der Waals surface area contributed by atoms with Crippen LogP contribution >= 0.6 is 0 Å². The second kappa shape index (κ2) is 8.04. The lowest BCUT2D eigenvalue weighted by Crippen LogP contribution is -2.34. The van der Waals surface area contributed by atoms with Crippen molar-refractivity contribution in [2.75, 3.05) is 11.9 Å². The number of halogens is 3. The van der Waals surface area contributed by atoms with Crippen molar-refractivity contribution in [1.82, 2.24) is 5.32 Å². The molecule has 28 heavy (non-hydrogen) atoms. The third kappa shape index (κ3) is 4.52. The summed E-state index contributed by atoms with van der Waals surface area (Å²) < 4.78 is 39.4. The molecular weight excluding hydrogens is 369 g/mol. The maximum atomic E-state index is 13.1. The fraction of sp³-hybridized carbons (Fsp3) is 0.333. The molecule has 1 aliphatic carbocycles. The second-order valence-electron chi connectivity index (χ2n) is 6.81. The van der Waals surface area contributed by atoms with Gasteiger partial charge in [-0.05, 0) is 42.0 Å². The van der Waals surface area contributed by atoms with Crippen LogP contribution < -0.4 is 10.6 Å². The van der Waals surface area contributed by atoms with Gasteiger partial charge in [0.05, 0.1) is 12.1 Å².